The molecular weight excluding hydrogens is 479 g/mol. The Hall–Kier alpha value is -3.54. The van der Waals surface area contributed by atoms with Crippen LogP contribution in [0.2, 0.25) is 5.02 Å². The number of ether oxygens (including phenoxy) is 1. The van der Waals surface area contributed by atoms with Gasteiger partial charge in [-0.2, -0.15) is 5.26 Å². The summed E-state index contributed by atoms with van der Waals surface area (Å²) >= 11 is 5.90. The van der Waals surface area contributed by atoms with Gasteiger partial charge in [0, 0.05) is 29.7 Å². The minimum atomic E-state index is -4.77. The molecule has 0 aromatic heterocycles. The number of nitrogens with one attached hydrogen (secondary N) is 1. The molecule has 4 rings (SSSR count). The Bertz CT molecular complexity index is 1210. The van der Waals surface area contributed by atoms with Gasteiger partial charge in [0.05, 0.1) is 17.7 Å². The van der Waals surface area contributed by atoms with Crippen LogP contribution in [0.4, 0.5) is 13.2 Å². The molecule has 5 nitrogen and oxygen atoms in total. The third-order valence-electron chi connectivity index (χ3n) is 5.81. The lowest BCUT2D eigenvalue weighted by Crippen LogP contribution is -2.38. The summed E-state index contributed by atoms with van der Waals surface area (Å²) in [6, 6.07) is 21.2. The van der Waals surface area contributed by atoms with Crippen molar-refractivity contribution in [3.63, 3.8) is 0 Å². The molecule has 3 aromatic carbocycles. The molecule has 1 aliphatic heterocycles. The van der Waals surface area contributed by atoms with Gasteiger partial charge in [-0.15, -0.1) is 13.2 Å². The monoisotopic (exact) mass is 499 g/mol. The first-order valence-corrected chi connectivity index (χ1v) is 11.3. The predicted molar refractivity (Wildman–Crippen MR) is 125 cm³/mol. The van der Waals surface area contributed by atoms with E-state index in [-0.39, 0.29) is 23.7 Å². The summed E-state index contributed by atoms with van der Waals surface area (Å²) in [4.78, 5) is 14.8. The fourth-order valence-electron chi connectivity index (χ4n) is 4.22. The lowest BCUT2D eigenvalue weighted by molar-refractivity contribution is -0.274. The van der Waals surface area contributed by atoms with Gasteiger partial charge < -0.3 is 10.1 Å². The van der Waals surface area contributed by atoms with Gasteiger partial charge in [0.1, 0.15) is 5.75 Å². The van der Waals surface area contributed by atoms with Crippen LogP contribution in [0.5, 0.6) is 5.75 Å². The van der Waals surface area contributed by atoms with Gasteiger partial charge in [0.2, 0.25) is 0 Å². The number of likely N-dealkylation sites (tertiary alicyclic amines) is 1. The SMILES string of the molecule is N#Cc1ccc(C(c2ccc(OC(F)(F)F)cc2)N2CC[C@@H](NC(=O)c3ccc(Cl)cc3)C2)cc1. The molecule has 1 amide bonds. The zero-order valence-corrected chi connectivity index (χ0v) is 19.2. The number of nitriles is 1. The summed E-state index contributed by atoms with van der Waals surface area (Å²) in [6.07, 6.45) is -4.06. The van der Waals surface area contributed by atoms with Crippen molar-refractivity contribution in [1.82, 2.24) is 10.2 Å². The first-order chi connectivity index (χ1) is 16.7. The number of hydrogen-bond acceptors (Lipinski definition) is 4. The van der Waals surface area contributed by atoms with Crippen LogP contribution in [0.1, 0.15) is 39.5 Å². The van der Waals surface area contributed by atoms with Gasteiger partial charge in [-0.3, -0.25) is 9.69 Å². The molecule has 0 aliphatic carbocycles. The molecule has 3 aromatic rings. The molecule has 1 heterocycles. The van der Waals surface area contributed by atoms with Crippen LogP contribution in [0.25, 0.3) is 0 Å². The molecule has 1 N–H and O–H groups in total. The number of amides is 1. The normalized spacial score (nSPS) is 16.9. The summed E-state index contributed by atoms with van der Waals surface area (Å²) in [5.41, 5.74) is 2.68. The Morgan fingerprint density at radius 2 is 1.63 bits per heavy atom. The van der Waals surface area contributed by atoms with E-state index in [1.54, 1.807) is 48.5 Å². The molecule has 0 bridgehead atoms. The molecule has 9 heteroatoms. The van der Waals surface area contributed by atoms with Crippen molar-refractivity contribution in [2.75, 3.05) is 13.1 Å². The number of rotatable bonds is 6. The average molecular weight is 500 g/mol. The second-order valence-corrected chi connectivity index (χ2v) is 8.65. The molecule has 0 radical (unpaired) electrons. The summed E-state index contributed by atoms with van der Waals surface area (Å²) in [7, 11) is 0. The van der Waals surface area contributed by atoms with Crippen molar-refractivity contribution in [2.24, 2.45) is 0 Å². The van der Waals surface area contributed by atoms with Gasteiger partial charge >= 0.3 is 6.36 Å². The standard InChI is InChI=1S/C26H21ClF3N3O2/c27-21-9-5-20(6-10-21)25(34)32-22-13-14-33(16-22)24(18-3-1-17(15-31)2-4-18)19-7-11-23(12-8-19)35-26(28,29)30/h1-12,22,24H,13-14,16H2,(H,32,34)/t22-,24?/m1/s1. The Labute approximate surface area is 205 Å². The molecular formula is C26H21ClF3N3O2. The highest BCUT2D eigenvalue weighted by atomic mass is 35.5. The molecule has 1 fully saturated rings. The number of benzene rings is 3. The van der Waals surface area contributed by atoms with E-state index in [0.29, 0.717) is 35.7 Å². The summed E-state index contributed by atoms with van der Waals surface area (Å²) in [6.45, 7) is 1.21. The fourth-order valence-corrected chi connectivity index (χ4v) is 4.34. The smallest absolute Gasteiger partial charge is 0.406 e. The molecule has 35 heavy (non-hydrogen) atoms. The molecule has 1 unspecified atom stereocenters. The maximum absolute atomic E-state index is 12.6. The van der Waals surface area contributed by atoms with Crippen LogP contribution >= 0.6 is 11.6 Å². The summed E-state index contributed by atoms with van der Waals surface area (Å²) in [5, 5.41) is 12.7. The van der Waals surface area contributed by atoms with Crippen molar-refractivity contribution in [2.45, 2.75) is 24.9 Å². The van der Waals surface area contributed by atoms with E-state index in [2.05, 4.69) is 21.0 Å². The Morgan fingerprint density at radius 1 is 1.03 bits per heavy atom. The predicted octanol–water partition coefficient (Wildman–Crippen LogP) is 5.70. The quantitative estimate of drug-likeness (QED) is 0.472. The largest absolute Gasteiger partial charge is 0.573 e. The lowest BCUT2D eigenvalue weighted by Gasteiger charge is -2.29. The Balaban J connectivity index is 1.54. The van der Waals surface area contributed by atoms with Crippen LogP contribution in [0, 0.1) is 11.3 Å². The van der Waals surface area contributed by atoms with Crippen LogP contribution in [0.3, 0.4) is 0 Å². The summed E-state index contributed by atoms with van der Waals surface area (Å²) < 4.78 is 41.7. The maximum Gasteiger partial charge on any atom is 0.573 e. The van der Waals surface area contributed by atoms with Crippen LogP contribution < -0.4 is 10.1 Å². The molecule has 1 aliphatic rings. The molecule has 180 valence electrons. The second kappa shape index (κ2) is 10.4. The highest BCUT2D eigenvalue weighted by Gasteiger charge is 2.33. The molecule has 0 spiro atoms. The molecule has 0 saturated carbocycles. The highest BCUT2D eigenvalue weighted by molar-refractivity contribution is 6.30. The first kappa shape index (κ1) is 24.6. The van der Waals surface area contributed by atoms with Gasteiger partial charge in [-0.05, 0) is 66.1 Å². The number of carbonyl (C=O) groups excluding carboxylic acids is 1. The zero-order chi connectivity index (χ0) is 25.0. The fraction of sp³-hybridized carbons (Fsp3) is 0.231. The van der Waals surface area contributed by atoms with Crippen LogP contribution in [0.15, 0.2) is 72.8 Å². The van der Waals surface area contributed by atoms with E-state index in [9.17, 15) is 18.0 Å². The van der Waals surface area contributed by atoms with E-state index < -0.39 is 6.36 Å². The number of nitrogens with zero attached hydrogens (tertiary/aromatic N) is 2. The van der Waals surface area contributed by atoms with Crippen molar-refractivity contribution >= 4 is 17.5 Å². The van der Waals surface area contributed by atoms with Gasteiger partial charge in [-0.1, -0.05) is 35.9 Å². The number of carbonyl (C=O) groups is 1. The highest BCUT2D eigenvalue weighted by Crippen LogP contribution is 2.33. The molecule has 1 saturated heterocycles. The van der Waals surface area contributed by atoms with E-state index in [1.165, 1.54) is 12.1 Å². The Kier molecular flexibility index (Phi) is 7.29. The molecule has 2 atom stereocenters. The van der Waals surface area contributed by atoms with E-state index in [4.69, 9.17) is 16.9 Å². The number of alkyl halides is 3. The number of halogens is 4. The van der Waals surface area contributed by atoms with Crippen molar-refractivity contribution in [1.29, 1.82) is 5.26 Å². The maximum atomic E-state index is 12.6. The van der Waals surface area contributed by atoms with E-state index in [0.717, 1.165) is 11.1 Å². The van der Waals surface area contributed by atoms with Crippen LogP contribution in [-0.2, 0) is 0 Å². The third-order valence-corrected chi connectivity index (χ3v) is 6.06. The number of hydrogen-bond donors (Lipinski definition) is 1. The van der Waals surface area contributed by atoms with E-state index in [1.807, 2.05) is 12.1 Å². The summed E-state index contributed by atoms with van der Waals surface area (Å²) in [5.74, 6) is -0.494. The first-order valence-electron chi connectivity index (χ1n) is 10.9. The van der Waals surface area contributed by atoms with Crippen molar-refractivity contribution < 1.29 is 22.7 Å². The van der Waals surface area contributed by atoms with E-state index >= 15 is 0 Å². The average Bonchev–Trinajstić information content (AvgIpc) is 3.28. The van der Waals surface area contributed by atoms with Crippen molar-refractivity contribution in [3.8, 4) is 11.8 Å². The van der Waals surface area contributed by atoms with Gasteiger partial charge in [-0.25, -0.2) is 0 Å². The third kappa shape index (κ3) is 6.32. The minimum Gasteiger partial charge on any atom is -0.406 e. The lowest BCUT2D eigenvalue weighted by atomic mass is 9.96. The van der Waals surface area contributed by atoms with Gasteiger partial charge in [0.15, 0.2) is 0 Å². The van der Waals surface area contributed by atoms with Gasteiger partial charge in [0.25, 0.3) is 5.91 Å². The topological polar surface area (TPSA) is 65.4 Å². The zero-order valence-electron chi connectivity index (χ0n) is 18.4. The van der Waals surface area contributed by atoms with Crippen molar-refractivity contribution in [3.05, 3.63) is 100 Å². The Morgan fingerprint density at radius 3 is 2.20 bits per heavy atom. The van der Waals surface area contributed by atoms with Crippen LogP contribution in [-0.4, -0.2) is 36.3 Å². The second-order valence-electron chi connectivity index (χ2n) is 8.21. The minimum absolute atomic E-state index is 0.105.